The van der Waals surface area contributed by atoms with E-state index in [1.54, 1.807) is 0 Å². The number of nitrogens with one attached hydrogen (secondary N) is 2. The second-order valence-corrected chi connectivity index (χ2v) is 4.22. The third kappa shape index (κ3) is 4.43. The first-order valence-corrected chi connectivity index (χ1v) is 5.21. The fraction of sp³-hybridized carbons (Fsp3) is 0.889. The van der Waals surface area contributed by atoms with Gasteiger partial charge in [0.05, 0.1) is 12.6 Å². The van der Waals surface area contributed by atoms with Gasteiger partial charge >= 0.3 is 0 Å². The van der Waals surface area contributed by atoms with Gasteiger partial charge in [-0.25, -0.2) is 0 Å². The lowest BCUT2D eigenvalue weighted by Crippen LogP contribution is -2.43. The van der Waals surface area contributed by atoms with Gasteiger partial charge in [-0.15, -0.1) is 0 Å². The van der Waals surface area contributed by atoms with Gasteiger partial charge in [0.1, 0.15) is 0 Å². The van der Waals surface area contributed by atoms with E-state index in [1.807, 2.05) is 0 Å². The highest BCUT2D eigenvalue weighted by molar-refractivity contribution is 7.80. The van der Waals surface area contributed by atoms with Gasteiger partial charge < -0.3 is 15.4 Å². The van der Waals surface area contributed by atoms with Gasteiger partial charge in [-0.05, 0) is 24.6 Å². The molecule has 1 atom stereocenters. The summed E-state index contributed by atoms with van der Waals surface area (Å²) in [6.45, 7) is 6.88. The Bertz CT molecular complexity index is 167. The van der Waals surface area contributed by atoms with Crippen LogP contribution in [0.1, 0.15) is 20.3 Å². The molecular weight excluding hydrogens is 184 g/mol. The molecule has 1 unspecified atom stereocenters. The van der Waals surface area contributed by atoms with Crippen molar-refractivity contribution in [2.75, 3.05) is 19.8 Å². The zero-order chi connectivity index (χ0) is 9.68. The summed E-state index contributed by atoms with van der Waals surface area (Å²) in [4.78, 5) is 0. The first-order chi connectivity index (χ1) is 6.18. The van der Waals surface area contributed by atoms with E-state index in [0.29, 0.717) is 12.0 Å². The van der Waals surface area contributed by atoms with Gasteiger partial charge in [0, 0.05) is 13.2 Å². The fourth-order valence-electron chi connectivity index (χ4n) is 1.18. The van der Waals surface area contributed by atoms with Crippen LogP contribution in [0.3, 0.4) is 0 Å². The van der Waals surface area contributed by atoms with E-state index < -0.39 is 0 Å². The molecule has 76 valence electrons. The van der Waals surface area contributed by atoms with Crippen LogP contribution in [0.25, 0.3) is 0 Å². The Kier molecular flexibility index (Phi) is 4.45. The summed E-state index contributed by atoms with van der Waals surface area (Å²) in [5, 5.41) is 7.16. The van der Waals surface area contributed by atoms with E-state index in [9.17, 15) is 0 Å². The molecule has 1 fully saturated rings. The second-order valence-electron chi connectivity index (χ2n) is 3.81. The third-order valence-electron chi connectivity index (χ3n) is 1.94. The van der Waals surface area contributed by atoms with Gasteiger partial charge in [-0.3, -0.25) is 0 Å². The van der Waals surface area contributed by atoms with Gasteiger partial charge in [-0.2, -0.15) is 0 Å². The van der Waals surface area contributed by atoms with Gasteiger partial charge in [0.15, 0.2) is 5.11 Å². The van der Waals surface area contributed by atoms with E-state index in [0.717, 1.165) is 31.3 Å². The minimum absolute atomic E-state index is 0.409. The maximum Gasteiger partial charge on any atom is 0.166 e. The summed E-state index contributed by atoms with van der Waals surface area (Å²) in [5.74, 6) is 0.625. The second kappa shape index (κ2) is 5.40. The van der Waals surface area contributed by atoms with E-state index in [2.05, 4.69) is 24.5 Å². The summed E-state index contributed by atoms with van der Waals surface area (Å²) >= 11 is 5.13. The minimum Gasteiger partial charge on any atom is -0.379 e. The van der Waals surface area contributed by atoms with Crippen LogP contribution in [0.5, 0.6) is 0 Å². The highest BCUT2D eigenvalue weighted by Gasteiger charge is 2.15. The lowest BCUT2D eigenvalue weighted by atomic mass is 10.2. The Balaban J connectivity index is 2.09. The first-order valence-electron chi connectivity index (χ1n) is 4.80. The van der Waals surface area contributed by atoms with E-state index in [1.165, 1.54) is 0 Å². The molecule has 0 amide bonds. The van der Waals surface area contributed by atoms with Crippen molar-refractivity contribution in [1.29, 1.82) is 0 Å². The molecular formula is C9H18N2OS. The molecule has 0 spiro atoms. The van der Waals surface area contributed by atoms with Crippen LogP contribution in [-0.2, 0) is 4.74 Å². The first kappa shape index (κ1) is 10.7. The van der Waals surface area contributed by atoms with Crippen LogP contribution < -0.4 is 10.6 Å². The molecule has 0 aromatic rings. The molecule has 1 aliphatic heterocycles. The van der Waals surface area contributed by atoms with Crippen LogP contribution >= 0.6 is 12.2 Å². The molecule has 3 nitrogen and oxygen atoms in total. The van der Waals surface area contributed by atoms with Crippen LogP contribution in [0.15, 0.2) is 0 Å². The normalized spacial score (nSPS) is 21.9. The monoisotopic (exact) mass is 202 g/mol. The molecule has 1 aliphatic rings. The predicted molar refractivity (Wildman–Crippen MR) is 57.8 cm³/mol. The molecule has 0 saturated carbocycles. The molecule has 13 heavy (non-hydrogen) atoms. The van der Waals surface area contributed by atoms with Crippen LogP contribution in [0.4, 0.5) is 0 Å². The van der Waals surface area contributed by atoms with E-state index >= 15 is 0 Å². The van der Waals surface area contributed by atoms with Gasteiger partial charge in [-0.1, -0.05) is 13.8 Å². The fourth-order valence-corrected chi connectivity index (χ4v) is 1.43. The van der Waals surface area contributed by atoms with Crippen molar-refractivity contribution in [1.82, 2.24) is 10.6 Å². The van der Waals surface area contributed by atoms with Crippen molar-refractivity contribution in [3.8, 4) is 0 Å². The van der Waals surface area contributed by atoms with Crippen molar-refractivity contribution in [3.63, 3.8) is 0 Å². The number of ether oxygens (including phenoxy) is 1. The minimum atomic E-state index is 0.409. The highest BCUT2D eigenvalue weighted by atomic mass is 32.1. The third-order valence-corrected chi connectivity index (χ3v) is 2.20. The molecule has 2 N–H and O–H groups in total. The molecule has 0 aromatic heterocycles. The smallest absolute Gasteiger partial charge is 0.166 e. The summed E-state index contributed by atoms with van der Waals surface area (Å²) in [5.41, 5.74) is 0. The predicted octanol–water partition coefficient (Wildman–Crippen LogP) is 0.895. The number of hydrogen-bond acceptors (Lipinski definition) is 2. The van der Waals surface area contributed by atoms with Gasteiger partial charge in [0.25, 0.3) is 0 Å². The molecule has 4 heteroatoms. The Hall–Kier alpha value is -0.350. The molecule has 1 saturated heterocycles. The quantitative estimate of drug-likeness (QED) is 0.666. The summed E-state index contributed by atoms with van der Waals surface area (Å²) in [6, 6.07) is 0.409. The standard InChI is InChI=1S/C9H18N2OS/c1-7(2)5-10-9(13)11-8-3-4-12-6-8/h7-8H,3-6H2,1-2H3,(H2,10,11,13). The van der Waals surface area contributed by atoms with Crippen molar-refractivity contribution < 1.29 is 4.74 Å². The Morgan fingerprint density at radius 1 is 1.62 bits per heavy atom. The van der Waals surface area contributed by atoms with E-state index in [-0.39, 0.29) is 0 Å². The summed E-state index contributed by atoms with van der Waals surface area (Å²) in [6.07, 6.45) is 1.06. The molecule has 0 bridgehead atoms. The number of hydrogen-bond donors (Lipinski definition) is 2. The molecule has 1 heterocycles. The average molecular weight is 202 g/mol. The Morgan fingerprint density at radius 3 is 2.92 bits per heavy atom. The van der Waals surface area contributed by atoms with Crippen LogP contribution in [0.2, 0.25) is 0 Å². The van der Waals surface area contributed by atoms with Crippen molar-refractivity contribution >= 4 is 17.3 Å². The van der Waals surface area contributed by atoms with Crippen LogP contribution in [0, 0.1) is 5.92 Å². The molecule has 0 radical (unpaired) electrons. The number of thiocarbonyl (C=S) groups is 1. The topological polar surface area (TPSA) is 33.3 Å². The van der Waals surface area contributed by atoms with Gasteiger partial charge in [0.2, 0.25) is 0 Å². The maximum absolute atomic E-state index is 5.23. The summed E-state index contributed by atoms with van der Waals surface area (Å²) < 4.78 is 5.23. The van der Waals surface area contributed by atoms with Crippen molar-refractivity contribution in [3.05, 3.63) is 0 Å². The lowest BCUT2D eigenvalue weighted by molar-refractivity contribution is 0.192. The van der Waals surface area contributed by atoms with Crippen molar-refractivity contribution in [2.45, 2.75) is 26.3 Å². The highest BCUT2D eigenvalue weighted by Crippen LogP contribution is 2.02. The molecule has 1 rings (SSSR count). The van der Waals surface area contributed by atoms with Crippen LogP contribution in [-0.4, -0.2) is 30.9 Å². The SMILES string of the molecule is CC(C)CNC(=S)NC1CCOC1. The largest absolute Gasteiger partial charge is 0.379 e. The summed E-state index contributed by atoms with van der Waals surface area (Å²) in [7, 11) is 0. The zero-order valence-corrected chi connectivity index (χ0v) is 9.12. The lowest BCUT2D eigenvalue weighted by Gasteiger charge is -2.15. The average Bonchev–Trinajstić information content (AvgIpc) is 2.53. The Labute approximate surface area is 85.2 Å². The van der Waals surface area contributed by atoms with Crippen molar-refractivity contribution in [2.24, 2.45) is 5.92 Å². The maximum atomic E-state index is 5.23. The Morgan fingerprint density at radius 2 is 2.38 bits per heavy atom. The molecule has 0 aromatic carbocycles. The van der Waals surface area contributed by atoms with E-state index in [4.69, 9.17) is 17.0 Å². The number of rotatable bonds is 3. The zero-order valence-electron chi connectivity index (χ0n) is 8.30. The molecule has 0 aliphatic carbocycles.